The number of rotatable bonds is 1. The Labute approximate surface area is 107 Å². The molecule has 2 N–H and O–H groups in total. The first-order valence-electron chi connectivity index (χ1n) is 4.89. The first-order chi connectivity index (χ1) is 8.30. The normalized spacial score (nSPS) is 10.7. The number of anilines is 1. The van der Waals surface area contributed by atoms with E-state index < -0.39 is 11.7 Å². The summed E-state index contributed by atoms with van der Waals surface area (Å²) in [6.45, 7) is 1.37. The second-order valence-electron chi connectivity index (χ2n) is 3.38. The lowest BCUT2D eigenvalue weighted by Gasteiger charge is -2.09. The van der Waals surface area contributed by atoms with Crippen molar-refractivity contribution in [2.75, 3.05) is 11.5 Å². The van der Waals surface area contributed by atoms with Gasteiger partial charge in [0, 0.05) is 18.2 Å². The van der Waals surface area contributed by atoms with Crippen molar-refractivity contribution >= 4 is 22.6 Å². The minimum Gasteiger partial charge on any atom is -0.399 e. The van der Waals surface area contributed by atoms with Gasteiger partial charge in [0.05, 0.1) is 11.3 Å². The van der Waals surface area contributed by atoms with Crippen molar-refractivity contribution in [1.82, 2.24) is 0 Å². The van der Waals surface area contributed by atoms with Crippen LogP contribution in [-0.2, 0) is 11.0 Å². The molecule has 1 aromatic rings. The van der Waals surface area contributed by atoms with Crippen LogP contribution in [0.15, 0.2) is 18.2 Å². The smallest absolute Gasteiger partial charge is 0.399 e. The molecule has 1 aromatic carbocycles. The van der Waals surface area contributed by atoms with Crippen LogP contribution >= 0.6 is 11.8 Å². The molecule has 0 saturated heterocycles. The third-order valence-electron chi connectivity index (χ3n) is 1.92. The van der Waals surface area contributed by atoms with Crippen molar-refractivity contribution in [2.45, 2.75) is 13.1 Å². The lowest BCUT2D eigenvalue weighted by atomic mass is 10.1. The molecule has 2 nitrogen and oxygen atoms in total. The fourth-order valence-electron chi connectivity index (χ4n) is 1.18. The number of carbonyl (C=O) groups excluding carboxylic acids is 1. The molecular formula is C12H10F3NOS. The van der Waals surface area contributed by atoms with Gasteiger partial charge < -0.3 is 5.73 Å². The maximum atomic E-state index is 12.6. The summed E-state index contributed by atoms with van der Waals surface area (Å²) in [4.78, 5) is 10.6. The van der Waals surface area contributed by atoms with Crippen LogP contribution in [0.4, 0.5) is 18.9 Å². The number of alkyl halides is 3. The number of nitrogen functional groups attached to an aromatic ring is 1. The summed E-state index contributed by atoms with van der Waals surface area (Å²) in [7, 11) is 0. The molecule has 0 aliphatic rings. The Morgan fingerprint density at radius 1 is 1.44 bits per heavy atom. The molecule has 0 radical (unpaired) electrons. The summed E-state index contributed by atoms with van der Waals surface area (Å²) >= 11 is 0.943. The highest BCUT2D eigenvalue weighted by atomic mass is 32.2. The van der Waals surface area contributed by atoms with Gasteiger partial charge in [-0.25, -0.2) is 0 Å². The third-order valence-corrected chi connectivity index (χ3v) is 2.61. The maximum absolute atomic E-state index is 12.6. The molecular weight excluding hydrogens is 263 g/mol. The molecule has 0 unspecified atom stereocenters. The van der Waals surface area contributed by atoms with Crippen LogP contribution in [0.3, 0.4) is 0 Å². The SMILES string of the molecule is CC(=O)SCC#Cc1cc(N)ccc1C(F)(F)F. The Morgan fingerprint density at radius 3 is 2.67 bits per heavy atom. The molecule has 96 valence electrons. The lowest BCUT2D eigenvalue weighted by molar-refractivity contribution is -0.137. The molecule has 0 heterocycles. The van der Waals surface area contributed by atoms with Crippen molar-refractivity contribution < 1.29 is 18.0 Å². The highest BCUT2D eigenvalue weighted by Gasteiger charge is 2.32. The summed E-state index contributed by atoms with van der Waals surface area (Å²) < 4.78 is 37.9. The molecule has 0 atom stereocenters. The average molecular weight is 273 g/mol. The van der Waals surface area contributed by atoms with Gasteiger partial charge in [0.1, 0.15) is 0 Å². The van der Waals surface area contributed by atoms with E-state index in [9.17, 15) is 18.0 Å². The number of halogens is 3. The Balaban J connectivity index is 2.99. The van der Waals surface area contributed by atoms with E-state index in [0.717, 1.165) is 17.8 Å². The van der Waals surface area contributed by atoms with Crippen LogP contribution < -0.4 is 5.73 Å². The molecule has 6 heteroatoms. The summed E-state index contributed by atoms with van der Waals surface area (Å²) in [6.07, 6.45) is -4.47. The van der Waals surface area contributed by atoms with Gasteiger partial charge in [-0.05, 0) is 18.2 Å². The maximum Gasteiger partial charge on any atom is 0.417 e. The molecule has 0 saturated carbocycles. The summed E-state index contributed by atoms with van der Waals surface area (Å²) in [5, 5.41) is -0.132. The number of carbonyl (C=O) groups is 1. The number of hydrogen-bond acceptors (Lipinski definition) is 3. The molecule has 0 aliphatic carbocycles. The monoisotopic (exact) mass is 273 g/mol. The first-order valence-corrected chi connectivity index (χ1v) is 5.88. The van der Waals surface area contributed by atoms with E-state index in [0.29, 0.717) is 0 Å². The molecule has 18 heavy (non-hydrogen) atoms. The largest absolute Gasteiger partial charge is 0.417 e. The Bertz CT molecular complexity index is 514. The van der Waals surface area contributed by atoms with Gasteiger partial charge in [-0.1, -0.05) is 23.6 Å². The van der Waals surface area contributed by atoms with Gasteiger partial charge in [-0.2, -0.15) is 13.2 Å². The van der Waals surface area contributed by atoms with E-state index in [1.54, 1.807) is 0 Å². The number of hydrogen-bond donors (Lipinski definition) is 1. The van der Waals surface area contributed by atoms with Gasteiger partial charge >= 0.3 is 6.18 Å². The van der Waals surface area contributed by atoms with E-state index in [4.69, 9.17) is 5.73 Å². The van der Waals surface area contributed by atoms with Crippen LogP contribution in [0.25, 0.3) is 0 Å². The van der Waals surface area contributed by atoms with E-state index >= 15 is 0 Å². The average Bonchev–Trinajstić information content (AvgIpc) is 2.22. The van der Waals surface area contributed by atoms with Crippen molar-refractivity contribution in [1.29, 1.82) is 0 Å². The standard InChI is InChI=1S/C12H10F3NOS/c1-8(17)18-6-2-3-9-7-10(16)4-5-11(9)12(13,14)15/h4-5,7H,6,16H2,1H3. The fraction of sp³-hybridized carbons (Fsp3) is 0.250. The van der Waals surface area contributed by atoms with Crippen LogP contribution in [0.2, 0.25) is 0 Å². The Hall–Kier alpha value is -1.61. The second-order valence-corrected chi connectivity index (χ2v) is 4.54. The van der Waals surface area contributed by atoms with Crippen molar-refractivity contribution in [3.8, 4) is 11.8 Å². The minimum atomic E-state index is -4.47. The second kappa shape index (κ2) is 5.83. The Kier molecular flexibility index (Phi) is 4.68. The number of nitrogens with two attached hydrogens (primary N) is 1. The van der Waals surface area contributed by atoms with Gasteiger partial charge in [0.15, 0.2) is 5.12 Å². The topological polar surface area (TPSA) is 43.1 Å². The highest BCUT2D eigenvalue weighted by molar-refractivity contribution is 8.13. The molecule has 0 bridgehead atoms. The van der Waals surface area contributed by atoms with Crippen LogP contribution in [0.1, 0.15) is 18.1 Å². The molecule has 0 spiro atoms. The van der Waals surface area contributed by atoms with Crippen molar-refractivity contribution in [3.63, 3.8) is 0 Å². The zero-order valence-electron chi connectivity index (χ0n) is 9.47. The predicted molar refractivity (Wildman–Crippen MR) is 65.9 cm³/mol. The lowest BCUT2D eigenvalue weighted by Crippen LogP contribution is -2.08. The van der Waals surface area contributed by atoms with E-state index in [1.165, 1.54) is 19.1 Å². The molecule has 0 aliphatic heterocycles. The summed E-state index contributed by atoms with van der Waals surface area (Å²) in [6, 6.07) is 3.25. The first kappa shape index (κ1) is 14.5. The van der Waals surface area contributed by atoms with Gasteiger partial charge in [-0.15, -0.1) is 0 Å². The zero-order valence-corrected chi connectivity index (χ0v) is 10.3. The molecule has 0 amide bonds. The fourth-order valence-corrected chi connectivity index (χ4v) is 1.53. The van der Waals surface area contributed by atoms with Gasteiger partial charge in [0.2, 0.25) is 0 Å². The van der Waals surface area contributed by atoms with Crippen LogP contribution in [0.5, 0.6) is 0 Å². The van der Waals surface area contributed by atoms with Crippen LogP contribution in [-0.4, -0.2) is 10.9 Å². The van der Waals surface area contributed by atoms with E-state index in [1.807, 2.05) is 0 Å². The van der Waals surface area contributed by atoms with Gasteiger partial charge in [0.25, 0.3) is 0 Å². The van der Waals surface area contributed by atoms with Crippen molar-refractivity contribution in [3.05, 3.63) is 29.3 Å². The third kappa shape index (κ3) is 4.34. The van der Waals surface area contributed by atoms with Gasteiger partial charge in [-0.3, -0.25) is 4.79 Å². The van der Waals surface area contributed by atoms with Crippen molar-refractivity contribution in [2.24, 2.45) is 0 Å². The Morgan fingerprint density at radius 2 is 2.11 bits per heavy atom. The number of thioether (sulfide) groups is 1. The summed E-state index contributed by atoms with van der Waals surface area (Å²) in [5.41, 5.74) is 4.65. The van der Waals surface area contributed by atoms with Crippen LogP contribution in [0, 0.1) is 11.8 Å². The summed E-state index contributed by atoms with van der Waals surface area (Å²) in [5.74, 6) is 5.06. The quantitative estimate of drug-likeness (QED) is 0.632. The van der Waals surface area contributed by atoms with E-state index in [-0.39, 0.29) is 22.1 Å². The minimum absolute atomic E-state index is 0.132. The molecule has 0 aromatic heterocycles. The zero-order chi connectivity index (χ0) is 13.8. The van der Waals surface area contributed by atoms with E-state index in [2.05, 4.69) is 11.8 Å². The number of benzene rings is 1. The predicted octanol–water partition coefficient (Wildman–Crippen LogP) is 2.92. The highest BCUT2D eigenvalue weighted by Crippen LogP contribution is 2.32. The molecule has 0 fully saturated rings. The molecule has 1 rings (SSSR count).